The number of nitrogens with one attached hydrogen (secondary N) is 1. The first-order valence-electron chi connectivity index (χ1n) is 10.7. The highest BCUT2D eigenvalue weighted by molar-refractivity contribution is 5.90. The van der Waals surface area contributed by atoms with Crippen molar-refractivity contribution in [3.63, 3.8) is 0 Å². The maximum Gasteiger partial charge on any atom is 0.226 e. The Hall–Kier alpha value is -4.20. The maximum atomic E-state index is 14.4. The van der Waals surface area contributed by atoms with Crippen molar-refractivity contribution in [2.75, 3.05) is 12.4 Å². The van der Waals surface area contributed by atoms with Crippen molar-refractivity contribution in [3.05, 3.63) is 95.7 Å². The Morgan fingerprint density at radius 2 is 1.71 bits per heavy atom. The highest BCUT2D eigenvalue weighted by atomic mass is 19.1. The number of methoxy groups -OCH3 is 1. The van der Waals surface area contributed by atoms with Crippen molar-refractivity contribution in [2.24, 2.45) is 0 Å². The van der Waals surface area contributed by atoms with Crippen molar-refractivity contribution in [1.29, 1.82) is 0 Å². The van der Waals surface area contributed by atoms with Gasteiger partial charge in [0, 0.05) is 17.7 Å². The zero-order valence-electron chi connectivity index (χ0n) is 18.7. The minimum Gasteiger partial charge on any atom is -0.497 e. The van der Waals surface area contributed by atoms with Crippen LogP contribution < -0.4 is 14.8 Å². The molecule has 0 spiro atoms. The molecule has 34 heavy (non-hydrogen) atoms. The summed E-state index contributed by atoms with van der Waals surface area (Å²) < 4.78 is 40.3. The number of aromatic nitrogens is 2. The third kappa shape index (κ3) is 5.23. The lowest BCUT2D eigenvalue weighted by atomic mass is 10.1. The summed E-state index contributed by atoms with van der Waals surface area (Å²) in [4.78, 5) is 12.5. The van der Waals surface area contributed by atoms with Gasteiger partial charge in [-0.1, -0.05) is 12.1 Å². The lowest BCUT2D eigenvalue weighted by Gasteiger charge is -2.12. The average molecular weight is 463 g/mol. The number of halogens is 2. The van der Waals surface area contributed by atoms with Crippen molar-refractivity contribution in [1.82, 2.24) is 9.78 Å². The van der Waals surface area contributed by atoms with Gasteiger partial charge in [-0.05, 0) is 74.0 Å². The van der Waals surface area contributed by atoms with Crippen LogP contribution in [0.1, 0.15) is 17.7 Å². The van der Waals surface area contributed by atoms with Gasteiger partial charge >= 0.3 is 0 Å². The molecule has 3 aromatic carbocycles. The van der Waals surface area contributed by atoms with Gasteiger partial charge in [0.1, 0.15) is 11.6 Å². The number of carbonyl (C=O) groups is 1. The number of ether oxygens (including phenoxy) is 2. The van der Waals surface area contributed by atoms with Crippen molar-refractivity contribution < 1.29 is 23.0 Å². The van der Waals surface area contributed by atoms with E-state index in [0.717, 1.165) is 0 Å². The van der Waals surface area contributed by atoms with Gasteiger partial charge in [0.2, 0.25) is 11.8 Å². The molecule has 6 nitrogen and oxygen atoms in total. The van der Waals surface area contributed by atoms with E-state index in [-0.39, 0.29) is 23.9 Å². The molecular weight excluding hydrogens is 440 g/mol. The van der Waals surface area contributed by atoms with Crippen LogP contribution in [0.5, 0.6) is 17.4 Å². The van der Waals surface area contributed by atoms with Gasteiger partial charge in [-0.3, -0.25) is 4.79 Å². The molecule has 1 heterocycles. The number of anilines is 1. The number of aryl methyl sites for hydroxylation is 1. The predicted molar refractivity (Wildman–Crippen MR) is 125 cm³/mol. The van der Waals surface area contributed by atoms with Gasteiger partial charge in [-0.2, -0.15) is 5.10 Å². The minimum atomic E-state index is -0.511. The first kappa shape index (κ1) is 23.0. The average Bonchev–Trinajstić information content (AvgIpc) is 3.15. The molecular formula is C26H23F2N3O3. The van der Waals surface area contributed by atoms with Gasteiger partial charge in [0.15, 0.2) is 11.6 Å². The monoisotopic (exact) mass is 463 g/mol. The number of hydrogen-bond donors (Lipinski definition) is 1. The smallest absolute Gasteiger partial charge is 0.226 e. The third-order valence-corrected chi connectivity index (χ3v) is 5.23. The van der Waals surface area contributed by atoms with Crippen LogP contribution >= 0.6 is 0 Å². The van der Waals surface area contributed by atoms with Gasteiger partial charge in [-0.25, -0.2) is 13.5 Å². The van der Waals surface area contributed by atoms with Crippen LogP contribution in [0.4, 0.5) is 14.5 Å². The number of carbonyl (C=O) groups excluding carboxylic acids is 1. The molecule has 4 aromatic rings. The van der Waals surface area contributed by atoms with Gasteiger partial charge in [-0.15, -0.1) is 0 Å². The third-order valence-electron chi connectivity index (χ3n) is 5.23. The Balaban J connectivity index is 1.62. The highest BCUT2D eigenvalue weighted by Crippen LogP contribution is 2.33. The lowest BCUT2D eigenvalue weighted by molar-refractivity contribution is -0.116. The van der Waals surface area contributed by atoms with E-state index >= 15 is 0 Å². The Bertz CT molecular complexity index is 1290. The molecule has 0 fully saturated rings. The number of nitrogens with zero attached hydrogens (tertiary/aromatic N) is 2. The van der Waals surface area contributed by atoms with Crippen LogP contribution in [0, 0.1) is 18.6 Å². The SMILES string of the molecule is COc1ccc(-n2nc(C)c(CCC(=O)Nc3ccc(F)cc3)c2Oc2ccccc2F)cc1. The number of para-hydroxylation sites is 1. The van der Waals surface area contributed by atoms with E-state index in [2.05, 4.69) is 10.4 Å². The van der Waals surface area contributed by atoms with Crippen LogP contribution in [0.3, 0.4) is 0 Å². The molecule has 0 aliphatic heterocycles. The molecule has 8 heteroatoms. The van der Waals surface area contributed by atoms with Gasteiger partial charge in [0.05, 0.1) is 18.5 Å². The van der Waals surface area contributed by atoms with Crippen molar-refractivity contribution in [2.45, 2.75) is 19.8 Å². The topological polar surface area (TPSA) is 65.4 Å². The molecule has 174 valence electrons. The van der Waals surface area contributed by atoms with Crippen LogP contribution in [-0.4, -0.2) is 22.8 Å². The largest absolute Gasteiger partial charge is 0.497 e. The summed E-state index contributed by atoms with van der Waals surface area (Å²) in [5.74, 6) is -0.0874. The Labute approximate surface area is 195 Å². The molecule has 0 saturated heterocycles. The second kappa shape index (κ2) is 10.2. The number of rotatable bonds is 8. The quantitative estimate of drug-likeness (QED) is 0.357. The second-order valence-corrected chi connectivity index (χ2v) is 7.57. The normalized spacial score (nSPS) is 10.7. The van der Waals surface area contributed by atoms with Crippen molar-refractivity contribution in [3.8, 4) is 23.1 Å². The highest BCUT2D eigenvalue weighted by Gasteiger charge is 2.21. The van der Waals surface area contributed by atoms with Gasteiger partial charge < -0.3 is 14.8 Å². The van der Waals surface area contributed by atoms with E-state index in [1.54, 1.807) is 43.0 Å². The van der Waals surface area contributed by atoms with E-state index in [4.69, 9.17) is 9.47 Å². The maximum absolute atomic E-state index is 14.4. The summed E-state index contributed by atoms with van der Waals surface area (Å²) in [5, 5.41) is 7.33. The standard InChI is InChI=1S/C26H23F2N3O3/c1-17-22(15-16-25(32)29-19-9-7-18(27)8-10-19)26(34-24-6-4-3-5-23(24)28)31(30-17)20-11-13-21(33-2)14-12-20/h3-14H,15-16H2,1-2H3,(H,29,32). The van der Waals surface area contributed by atoms with Crippen LogP contribution in [0.2, 0.25) is 0 Å². The van der Waals surface area contributed by atoms with Crippen LogP contribution in [0.25, 0.3) is 5.69 Å². The molecule has 0 radical (unpaired) electrons. The fourth-order valence-electron chi connectivity index (χ4n) is 3.46. The molecule has 0 saturated carbocycles. The van der Waals surface area contributed by atoms with E-state index in [1.807, 2.05) is 12.1 Å². The molecule has 1 aromatic heterocycles. The predicted octanol–water partition coefficient (Wildman–Crippen LogP) is 5.83. The Morgan fingerprint density at radius 3 is 2.38 bits per heavy atom. The first-order chi connectivity index (χ1) is 16.4. The molecule has 0 bridgehead atoms. The number of amides is 1. The van der Waals surface area contributed by atoms with E-state index in [9.17, 15) is 13.6 Å². The van der Waals surface area contributed by atoms with Gasteiger partial charge in [0.25, 0.3) is 0 Å². The first-order valence-corrected chi connectivity index (χ1v) is 10.7. The van der Waals surface area contributed by atoms with Crippen LogP contribution in [0.15, 0.2) is 72.8 Å². The number of benzene rings is 3. The molecule has 0 unspecified atom stereocenters. The Kier molecular flexibility index (Phi) is 6.87. The molecule has 0 atom stereocenters. The number of hydrogen-bond acceptors (Lipinski definition) is 4. The minimum absolute atomic E-state index is 0.0502. The van der Waals surface area contributed by atoms with Crippen LogP contribution in [-0.2, 0) is 11.2 Å². The fraction of sp³-hybridized carbons (Fsp3) is 0.154. The molecule has 1 N–H and O–H groups in total. The van der Waals surface area contributed by atoms with E-state index in [0.29, 0.717) is 40.7 Å². The molecule has 4 rings (SSSR count). The van der Waals surface area contributed by atoms with E-state index in [1.165, 1.54) is 36.4 Å². The second-order valence-electron chi connectivity index (χ2n) is 7.57. The zero-order valence-corrected chi connectivity index (χ0v) is 18.7. The van der Waals surface area contributed by atoms with Crippen molar-refractivity contribution >= 4 is 11.6 Å². The summed E-state index contributed by atoms with van der Waals surface area (Å²) in [6.45, 7) is 1.81. The summed E-state index contributed by atoms with van der Waals surface area (Å²) in [7, 11) is 1.58. The summed E-state index contributed by atoms with van der Waals surface area (Å²) in [5.41, 5.74) is 2.52. The fourth-order valence-corrected chi connectivity index (χ4v) is 3.46. The Morgan fingerprint density at radius 1 is 1.00 bits per heavy atom. The lowest BCUT2D eigenvalue weighted by Crippen LogP contribution is -2.12. The summed E-state index contributed by atoms with van der Waals surface area (Å²) >= 11 is 0. The molecule has 1 amide bonds. The summed E-state index contributed by atoms with van der Waals surface area (Å²) in [6, 6.07) is 18.8. The van der Waals surface area contributed by atoms with E-state index < -0.39 is 5.82 Å². The summed E-state index contributed by atoms with van der Waals surface area (Å²) in [6.07, 6.45) is 0.430. The molecule has 0 aliphatic carbocycles. The molecule has 0 aliphatic rings. The zero-order chi connectivity index (χ0) is 24.1.